The third-order valence-corrected chi connectivity index (χ3v) is 4.75. The summed E-state index contributed by atoms with van der Waals surface area (Å²) in [7, 11) is 1.88. The van der Waals surface area contributed by atoms with Gasteiger partial charge in [0, 0.05) is 24.8 Å². The number of nitrogens with zero attached hydrogens (tertiary/aromatic N) is 3. The van der Waals surface area contributed by atoms with Crippen LogP contribution in [0.1, 0.15) is 44.3 Å². The van der Waals surface area contributed by atoms with Crippen molar-refractivity contribution in [2.75, 3.05) is 0 Å². The first-order chi connectivity index (χ1) is 12.9. The predicted molar refractivity (Wildman–Crippen MR) is 101 cm³/mol. The third-order valence-electron chi connectivity index (χ3n) is 4.75. The maximum atomic E-state index is 12.6. The zero-order valence-corrected chi connectivity index (χ0v) is 16.3. The summed E-state index contributed by atoms with van der Waals surface area (Å²) in [6.45, 7) is 8.25. The molecule has 7 heteroatoms. The van der Waals surface area contributed by atoms with Gasteiger partial charge in [-0.25, -0.2) is 0 Å². The van der Waals surface area contributed by atoms with E-state index in [-0.39, 0.29) is 18.2 Å². The number of rotatable bonds is 6. The molecule has 2 heterocycles. The molecule has 1 amide bonds. The minimum Gasteiger partial charge on any atom is -0.488 e. The van der Waals surface area contributed by atoms with Gasteiger partial charge in [-0.2, -0.15) is 5.10 Å². The lowest BCUT2D eigenvalue weighted by Crippen LogP contribution is -2.25. The molecule has 27 heavy (non-hydrogen) atoms. The Morgan fingerprint density at radius 2 is 1.93 bits per heavy atom. The summed E-state index contributed by atoms with van der Waals surface area (Å²) < 4.78 is 12.9. The van der Waals surface area contributed by atoms with Gasteiger partial charge in [0.15, 0.2) is 5.69 Å². The van der Waals surface area contributed by atoms with Gasteiger partial charge in [0.05, 0.1) is 11.3 Å². The van der Waals surface area contributed by atoms with Crippen LogP contribution in [0.5, 0.6) is 5.75 Å². The number of carbonyl (C=O) groups is 1. The summed E-state index contributed by atoms with van der Waals surface area (Å²) >= 11 is 0. The highest BCUT2D eigenvalue weighted by molar-refractivity contribution is 5.93. The molecule has 0 fully saturated rings. The molecule has 1 aromatic carbocycles. The van der Waals surface area contributed by atoms with Crippen molar-refractivity contribution in [3.63, 3.8) is 0 Å². The van der Waals surface area contributed by atoms with E-state index in [1.807, 2.05) is 52.1 Å². The number of ether oxygens (including phenoxy) is 1. The molecule has 0 aliphatic carbocycles. The van der Waals surface area contributed by atoms with Crippen LogP contribution in [0.25, 0.3) is 0 Å². The Kier molecular flexibility index (Phi) is 5.30. The van der Waals surface area contributed by atoms with E-state index < -0.39 is 0 Å². The van der Waals surface area contributed by atoms with E-state index in [4.69, 9.17) is 9.26 Å². The molecule has 0 saturated carbocycles. The quantitative estimate of drug-likeness (QED) is 0.723. The summed E-state index contributed by atoms with van der Waals surface area (Å²) in [6.07, 6.45) is 0. The van der Waals surface area contributed by atoms with Crippen LogP contribution in [-0.2, 0) is 20.2 Å². The molecule has 1 N–H and O–H groups in total. The maximum absolute atomic E-state index is 12.6. The lowest BCUT2D eigenvalue weighted by atomic mass is 10.1. The molecular weight excluding hydrogens is 344 g/mol. The van der Waals surface area contributed by atoms with Gasteiger partial charge in [0.1, 0.15) is 18.1 Å². The van der Waals surface area contributed by atoms with Crippen LogP contribution in [0.15, 0.2) is 28.8 Å². The van der Waals surface area contributed by atoms with Gasteiger partial charge in [-0.15, -0.1) is 0 Å². The highest BCUT2D eigenvalue weighted by Crippen LogP contribution is 2.21. The van der Waals surface area contributed by atoms with Gasteiger partial charge in [0.2, 0.25) is 0 Å². The summed E-state index contributed by atoms with van der Waals surface area (Å²) in [5.41, 5.74) is 4.85. The average Bonchev–Trinajstić information content (AvgIpc) is 3.12. The number of benzene rings is 1. The second-order valence-corrected chi connectivity index (χ2v) is 6.58. The van der Waals surface area contributed by atoms with Crippen molar-refractivity contribution in [3.8, 4) is 5.75 Å². The Balaban J connectivity index is 1.71. The molecule has 7 nitrogen and oxygen atoms in total. The van der Waals surface area contributed by atoms with Crippen LogP contribution in [0.2, 0.25) is 0 Å². The molecule has 0 aliphatic heterocycles. The third kappa shape index (κ3) is 3.86. The minimum absolute atomic E-state index is 0.216. The average molecular weight is 368 g/mol. The van der Waals surface area contributed by atoms with E-state index in [9.17, 15) is 4.79 Å². The Morgan fingerprint density at radius 3 is 2.59 bits per heavy atom. The number of nitrogens with one attached hydrogen (secondary N) is 1. The minimum atomic E-state index is -0.294. The highest BCUT2D eigenvalue weighted by atomic mass is 16.5. The van der Waals surface area contributed by atoms with Gasteiger partial charge in [-0.05, 0) is 39.3 Å². The first kappa shape index (κ1) is 18.7. The largest absolute Gasteiger partial charge is 0.488 e. The van der Waals surface area contributed by atoms with Gasteiger partial charge in [-0.1, -0.05) is 23.4 Å². The molecule has 0 bridgehead atoms. The van der Waals surface area contributed by atoms with Crippen molar-refractivity contribution < 1.29 is 14.1 Å². The topological polar surface area (TPSA) is 82.2 Å². The zero-order chi connectivity index (χ0) is 19.6. The van der Waals surface area contributed by atoms with Crippen LogP contribution >= 0.6 is 0 Å². The standard InChI is InChI=1S/C20H24N4O3/c1-12-8-6-7-9-18(12)26-11-17-15(4)27-23-19(17)20(25)21-10-16-13(2)22-24(5)14(16)3/h6-9H,10-11H2,1-5H3,(H,21,25). The Morgan fingerprint density at radius 1 is 1.19 bits per heavy atom. The lowest BCUT2D eigenvalue weighted by Gasteiger charge is -2.09. The van der Waals surface area contributed by atoms with Gasteiger partial charge in [-0.3, -0.25) is 9.48 Å². The molecule has 0 saturated heterocycles. The fraction of sp³-hybridized carbons (Fsp3) is 0.350. The fourth-order valence-corrected chi connectivity index (χ4v) is 2.93. The van der Waals surface area contributed by atoms with Crippen molar-refractivity contribution in [2.24, 2.45) is 7.05 Å². The van der Waals surface area contributed by atoms with E-state index >= 15 is 0 Å². The van der Waals surface area contributed by atoms with Crippen LogP contribution in [0.4, 0.5) is 0 Å². The van der Waals surface area contributed by atoms with E-state index in [0.717, 1.165) is 28.3 Å². The number of aromatic nitrogens is 3. The van der Waals surface area contributed by atoms with Gasteiger partial charge >= 0.3 is 0 Å². The molecule has 0 aliphatic rings. The zero-order valence-electron chi connectivity index (χ0n) is 16.3. The van der Waals surface area contributed by atoms with E-state index in [1.165, 1.54) is 0 Å². The molecule has 0 radical (unpaired) electrons. The highest BCUT2D eigenvalue weighted by Gasteiger charge is 2.21. The normalized spacial score (nSPS) is 10.9. The molecule has 142 valence electrons. The smallest absolute Gasteiger partial charge is 0.274 e. The lowest BCUT2D eigenvalue weighted by molar-refractivity contribution is 0.0939. The second kappa shape index (κ2) is 7.65. The SMILES string of the molecule is Cc1ccccc1OCc1c(C(=O)NCc2c(C)nn(C)c2C)noc1C. The summed E-state index contributed by atoms with van der Waals surface area (Å²) in [5.74, 6) is 1.05. The number of aryl methyl sites for hydroxylation is 4. The van der Waals surface area contributed by atoms with Crippen molar-refractivity contribution in [2.45, 2.75) is 40.8 Å². The first-order valence-corrected chi connectivity index (χ1v) is 8.79. The van der Waals surface area contributed by atoms with Crippen LogP contribution in [0, 0.1) is 27.7 Å². The van der Waals surface area contributed by atoms with Crippen LogP contribution in [-0.4, -0.2) is 20.8 Å². The number of para-hydroxylation sites is 1. The molecule has 0 spiro atoms. The Hall–Kier alpha value is -3.09. The second-order valence-electron chi connectivity index (χ2n) is 6.58. The van der Waals surface area contributed by atoms with Crippen LogP contribution < -0.4 is 10.1 Å². The molecule has 3 rings (SSSR count). The molecule has 2 aromatic heterocycles. The van der Waals surface area contributed by atoms with Crippen LogP contribution in [0.3, 0.4) is 0 Å². The predicted octanol–water partition coefficient (Wildman–Crippen LogP) is 3.15. The Bertz CT molecular complexity index is 972. The number of hydrogen-bond donors (Lipinski definition) is 1. The van der Waals surface area contributed by atoms with Crippen molar-refractivity contribution in [3.05, 3.63) is 63.8 Å². The van der Waals surface area contributed by atoms with E-state index in [1.54, 1.807) is 11.6 Å². The Labute approximate surface area is 158 Å². The van der Waals surface area contributed by atoms with Crippen molar-refractivity contribution in [1.29, 1.82) is 0 Å². The number of amides is 1. The molecular formula is C20H24N4O3. The molecule has 0 atom stereocenters. The van der Waals surface area contributed by atoms with Crippen molar-refractivity contribution >= 4 is 5.91 Å². The van der Waals surface area contributed by atoms with Gasteiger partial charge in [0.25, 0.3) is 5.91 Å². The molecule has 3 aromatic rings. The fourth-order valence-electron chi connectivity index (χ4n) is 2.93. The monoisotopic (exact) mass is 368 g/mol. The van der Waals surface area contributed by atoms with E-state index in [0.29, 0.717) is 17.9 Å². The summed E-state index contributed by atoms with van der Waals surface area (Å²) in [6, 6.07) is 7.73. The molecule has 0 unspecified atom stereocenters. The summed E-state index contributed by atoms with van der Waals surface area (Å²) in [5, 5.41) is 11.2. The number of hydrogen-bond acceptors (Lipinski definition) is 5. The van der Waals surface area contributed by atoms with Crippen molar-refractivity contribution in [1.82, 2.24) is 20.3 Å². The van der Waals surface area contributed by atoms with E-state index in [2.05, 4.69) is 15.6 Å². The number of carbonyl (C=O) groups excluding carboxylic acids is 1. The maximum Gasteiger partial charge on any atom is 0.274 e. The van der Waals surface area contributed by atoms with Gasteiger partial charge < -0.3 is 14.6 Å². The first-order valence-electron chi connectivity index (χ1n) is 8.79. The summed E-state index contributed by atoms with van der Waals surface area (Å²) in [4.78, 5) is 12.6.